The van der Waals surface area contributed by atoms with E-state index in [1.165, 1.54) is 6.07 Å². The first-order valence-electron chi connectivity index (χ1n) is 6.59. The van der Waals surface area contributed by atoms with Crippen LogP contribution < -0.4 is 0 Å². The first kappa shape index (κ1) is 17.9. The molecule has 118 valence electrons. The molecule has 1 atom stereocenters. The van der Waals surface area contributed by atoms with Crippen LogP contribution in [0, 0.1) is 17.2 Å². The molecule has 1 unspecified atom stereocenters. The average molecular weight is 507 g/mol. The lowest BCUT2D eigenvalue weighted by Crippen LogP contribution is -2.37. The van der Waals surface area contributed by atoms with Gasteiger partial charge in [-0.2, -0.15) is 0 Å². The summed E-state index contributed by atoms with van der Waals surface area (Å²) in [6, 6.07) is 4.99. The van der Waals surface area contributed by atoms with E-state index in [0.717, 1.165) is 5.56 Å². The molecule has 21 heavy (non-hydrogen) atoms. The van der Waals surface area contributed by atoms with Gasteiger partial charge in [0.25, 0.3) is 0 Å². The quantitative estimate of drug-likeness (QED) is 0.557. The molecule has 1 aromatic carbocycles. The highest BCUT2D eigenvalue weighted by Crippen LogP contribution is 2.43. The molecule has 2 rings (SSSR count). The van der Waals surface area contributed by atoms with Crippen molar-refractivity contribution in [2.45, 2.75) is 12.8 Å². The van der Waals surface area contributed by atoms with Crippen LogP contribution in [0.1, 0.15) is 12.0 Å². The van der Waals surface area contributed by atoms with Crippen molar-refractivity contribution >= 4 is 57.6 Å². The zero-order valence-corrected chi connectivity index (χ0v) is 16.9. The van der Waals surface area contributed by atoms with Gasteiger partial charge in [0.2, 0.25) is 0 Å². The Kier molecular flexibility index (Phi) is 5.94. The van der Waals surface area contributed by atoms with Crippen LogP contribution in [0.2, 0.25) is 0 Å². The molecule has 0 amide bonds. The first-order chi connectivity index (χ1) is 9.83. The Morgan fingerprint density at radius 3 is 2.48 bits per heavy atom. The van der Waals surface area contributed by atoms with Crippen LogP contribution in [0.4, 0.5) is 4.39 Å². The van der Waals surface area contributed by atoms with Crippen molar-refractivity contribution < 1.29 is 12.8 Å². The van der Waals surface area contributed by atoms with Gasteiger partial charge in [-0.05, 0) is 51.7 Å². The number of benzene rings is 1. The van der Waals surface area contributed by atoms with Crippen LogP contribution in [0.15, 0.2) is 22.7 Å². The molecule has 1 aliphatic heterocycles. The van der Waals surface area contributed by atoms with E-state index in [2.05, 4.69) is 47.8 Å². The minimum Gasteiger partial charge on any atom is -0.229 e. The minimum absolute atomic E-state index is 0.0800. The Labute approximate surface area is 150 Å². The Morgan fingerprint density at radius 2 is 1.95 bits per heavy atom. The number of halogens is 4. The second-order valence-electron chi connectivity index (χ2n) is 5.62. The van der Waals surface area contributed by atoms with Crippen molar-refractivity contribution in [2.24, 2.45) is 11.3 Å². The minimum atomic E-state index is -2.94. The molecule has 0 bridgehead atoms. The van der Waals surface area contributed by atoms with E-state index in [-0.39, 0.29) is 28.7 Å². The summed E-state index contributed by atoms with van der Waals surface area (Å²) in [5, 5.41) is 1.35. The van der Waals surface area contributed by atoms with Crippen molar-refractivity contribution in [1.82, 2.24) is 0 Å². The Hall–Kier alpha value is 0.540. The molecule has 1 aliphatic rings. The van der Waals surface area contributed by atoms with Crippen molar-refractivity contribution in [3.63, 3.8) is 0 Å². The van der Waals surface area contributed by atoms with Crippen LogP contribution in [0.5, 0.6) is 0 Å². The van der Waals surface area contributed by atoms with Crippen LogP contribution in [-0.4, -0.2) is 30.6 Å². The topological polar surface area (TPSA) is 34.1 Å². The van der Waals surface area contributed by atoms with Gasteiger partial charge in [-0.1, -0.05) is 44.0 Å². The van der Waals surface area contributed by atoms with Crippen molar-refractivity contribution in [2.75, 3.05) is 22.2 Å². The first-order valence-corrected chi connectivity index (χ1v) is 11.4. The number of alkyl halides is 2. The van der Waals surface area contributed by atoms with Crippen LogP contribution in [0.3, 0.4) is 0 Å². The Balaban J connectivity index is 2.32. The maximum absolute atomic E-state index is 13.7. The van der Waals surface area contributed by atoms with Gasteiger partial charge < -0.3 is 0 Å². The molecule has 2 nitrogen and oxygen atoms in total. The molecule has 0 spiro atoms. The maximum atomic E-state index is 13.7. The molecule has 0 aromatic heterocycles. The molecular formula is C14H16Br3FO2S. The van der Waals surface area contributed by atoms with Gasteiger partial charge >= 0.3 is 0 Å². The van der Waals surface area contributed by atoms with Crippen molar-refractivity contribution in [3.8, 4) is 0 Å². The third kappa shape index (κ3) is 3.90. The largest absolute Gasteiger partial charge is 0.229 e. The zero-order valence-electron chi connectivity index (χ0n) is 11.3. The highest BCUT2D eigenvalue weighted by Gasteiger charge is 2.43. The van der Waals surface area contributed by atoms with Crippen LogP contribution in [-0.2, 0) is 16.3 Å². The van der Waals surface area contributed by atoms with Crippen molar-refractivity contribution in [1.29, 1.82) is 0 Å². The summed E-state index contributed by atoms with van der Waals surface area (Å²) < 4.78 is 37.8. The average Bonchev–Trinajstić information content (AvgIpc) is 2.81. The number of hydrogen-bond acceptors (Lipinski definition) is 2. The summed E-state index contributed by atoms with van der Waals surface area (Å²) in [5.41, 5.74) is 0.637. The third-order valence-electron chi connectivity index (χ3n) is 4.20. The van der Waals surface area contributed by atoms with Crippen LogP contribution >= 0.6 is 47.8 Å². The smallest absolute Gasteiger partial charge is 0.150 e. The summed E-state index contributed by atoms with van der Waals surface area (Å²) in [6.07, 6.45) is 1.30. The molecule has 7 heteroatoms. The summed E-state index contributed by atoms with van der Waals surface area (Å²) in [4.78, 5) is 0. The lowest BCUT2D eigenvalue weighted by atomic mass is 9.74. The molecule has 1 heterocycles. The maximum Gasteiger partial charge on any atom is 0.150 e. The monoisotopic (exact) mass is 504 g/mol. The van der Waals surface area contributed by atoms with E-state index < -0.39 is 9.84 Å². The van der Waals surface area contributed by atoms with E-state index in [1.54, 1.807) is 6.07 Å². The fourth-order valence-corrected chi connectivity index (χ4v) is 7.42. The highest BCUT2D eigenvalue weighted by molar-refractivity contribution is 9.10. The lowest BCUT2D eigenvalue weighted by Gasteiger charge is -2.36. The van der Waals surface area contributed by atoms with Gasteiger partial charge in [-0.3, -0.25) is 0 Å². The van der Waals surface area contributed by atoms with Gasteiger partial charge in [-0.25, -0.2) is 12.8 Å². The fraction of sp³-hybridized carbons (Fsp3) is 0.571. The highest BCUT2D eigenvalue weighted by atomic mass is 79.9. The standard InChI is InChI=1S/C14H16Br3FO2S/c15-8-14(9-16,11-4-5-21(19,20)7-11)6-10-2-1-3-12(18)13(10)17/h1-3,11H,4-9H2. The van der Waals surface area contributed by atoms with E-state index in [1.807, 2.05) is 6.07 Å². The van der Waals surface area contributed by atoms with E-state index in [0.29, 0.717) is 28.0 Å². The SMILES string of the molecule is O=S1(=O)CCC(C(CBr)(CBr)Cc2cccc(F)c2Br)C1. The number of rotatable bonds is 5. The second kappa shape index (κ2) is 6.97. The van der Waals surface area contributed by atoms with E-state index in [9.17, 15) is 12.8 Å². The van der Waals surface area contributed by atoms with Gasteiger partial charge in [-0.15, -0.1) is 0 Å². The van der Waals surface area contributed by atoms with Gasteiger partial charge in [0.1, 0.15) is 5.82 Å². The Bertz CT molecular complexity index is 615. The van der Waals surface area contributed by atoms with Gasteiger partial charge in [0.15, 0.2) is 9.84 Å². The molecule has 0 saturated carbocycles. The summed E-state index contributed by atoms with van der Waals surface area (Å²) in [7, 11) is -2.94. The molecule has 1 aromatic rings. The fourth-order valence-electron chi connectivity index (χ4n) is 2.84. The number of sulfone groups is 1. The molecule has 0 radical (unpaired) electrons. The van der Waals surface area contributed by atoms with Crippen molar-refractivity contribution in [3.05, 3.63) is 34.1 Å². The molecular weight excluding hydrogens is 491 g/mol. The molecule has 1 saturated heterocycles. The number of hydrogen-bond donors (Lipinski definition) is 0. The second-order valence-corrected chi connectivity index (χ2v) is 9.76. The predicted octanol–water partition coefficient (Wildman–Crippen LogP) is 4.34. The predicted molar refractivity (Wildman–Crippen MR) is 94.6 cm³/mol. The molecule has 0 aliphatic carbocycles. The molecule has 1 fully saturated rings. The normalized spacial score (nSPS) is 21.6. The zero-order chi connectivity index (χ0) is 15.7. The summed E-state index contributed by atoms with van der Waals surface area (Å²) in [6.45, 7) is 0. The van der Waals surface area contributed by atoms with Gasteiger partial charge in [0.05, 0.1) is 16.0 Å². The van der Waals surface area contributed by atoms with Gasteiger partial charge in [0, 0.05) is 10.7 Å². The Morgan fingerprint density at radius 1 is 1.29 bits per heavy atom. The van der Waals surface area contributed by atoms with Crippen LogP contribution in [0.25, 0.3) is 0 Å². The summed E-state index contributed by atoms with van der Waals surface area (Å²) >= 11 is 10.4. The summed E-state index contributed by atoms with van der Waals surface area (Å²) in [5.74, 6) is 0.266. The lowest BCUT2D eigenvalue weighted by molar-refractivity contribution is 0.252. The van der Waals surface area contributed by atoms with E-state index >= 15 is 0 Å². The van der Waals surface area contributed by atoms with E-state index in [4.69, 9.17) is 0 Å². The molecule has 0 N–H and O–H groups in total. The third-order valence-corrected chi connectivity index (χ3v) is 9.09.